The summed E-state index contributed by atoms with van der Waals surface area (Å²) in [5.74, 6) is 0. The van der Waals surface area contributed by atoms with Gasteiger partial charge >= 0.3 is 0 Å². The fraction of sp³-hybridized carbons (Fsp3) is 0.545. The fourth-order valence-corrected chi connectivity index (χ4v) is 1.07. The molecule has 0 bridgehead atoms. The first-order valence-corrected chi connectivity index (χ1v) is 4.79. The summed E-state index contributed by atoms with van der Waals surface area (Å²) >= 11 is 0. The molecule has 14 heavy (non-hydrogen) atoms. The van der Waals surface area contributed by atoms with Gasteiger partial charge < -0.3 is 9.88 Å². The Morgan fingerprint density at radius 2 is 2.00 bits per heavy atom. The third-order valence-corrected chi connectivity index (χ3v) is 1.91. The summed E-state index contributed by atoms with van der Waals surface area (Å²) in [5, 5.41) is 3.29. The lowest BCUT2D eigenvalue weighted by molar-refractivity contribution is 0.443. The summed E-state index contributed by atoms with van der Waals surface area (Å²) in [6, 6.07) is 3.39. The van der Waals surface area contributed by atoms with Gasteiger partial charge in [0.2, 0.25) is 5.56 Å². The average Bonchev–Trinajstić information content (AvgIpc) is 2.06. The fourth-order valence-electron chi connectivity index (χ4n) is 1.07. The van der Waals surface area contributed by atoms with E-state index in [1.54, 1.807) is 17.7 Å². The Morgan fingerprint density at radius 1 is 1.36 bits per heavy atom. The van der Waals surface area contributed by atoms with Crippen molar-refractivity contribution in [2.45, 2.75) is 20.8 Å². The van der Waals surface area contributed by atoms with Crippen LogP contribution in [0.2, 0.25) is 0 Å². The van der Waals surface area contributed by atoms with Crippen LogP contribution in [-0.2, 0) is 7.05 Å². The molecule has 1 heterocycles. The molecule has 0 saturated heterocycles. The zero-order valence-corrected chi connectivity index (χ0v) is 9.29. The number of aryl methyl sites for hydroxylation is 1. The Balaban J connectivity index is 2.70. The maximum atomic E-state index is 11.1. The van der Waals surface area contributed by atoms with Crippen LogP contribution < -0.4 is 10.9 Å². The van der Waals surface area contributed by atoms with Crippen LogP contribution in [0.4, 0.5) is 5.69 Å². The minimum absolute atomic E-state index is 0.0197. The molecular weight excluding hydrogens is 176 g/mol. The molecule has 0 radical (unpaired) electrons. The smallest absolute Gasteiger partial charge is 0.250 e. The molecule has 0 aliphatic rings. The van der Waals surface area contributed by atoms with Gasteiger partial charge in [-0.15, -0.1) is 0 Å². The highest BCUT2D eigenvalue weighted by molar-refractivity contribution is 5.40. The number of aromatic nitrogens is 1. The van der Waals surface area contributed by atoms with Crippen molar-refractivity contribution in [2.75, 3.05) is 11.9 Å². The predicted molar refractivity (Wildman–Crippen MR) is 59.6 cm³/mol. The minimum Gasteiger partial charge on any atom is -0.383 e. The van der Waals surface area contributed by atoms with Crippen LogP contribution in [0, 0.1) is 5.41 Å². The zero-order chi connectivity index (χ0) is 10.8. The zero-order valence-electron chi connectivity index (χ0n) is 9.29. The van der Waals surface area contributed by atoms with E-state index in [-0.39, 0.29) is 11.0 Å². The van der Waals surface area contributed by atoms with Crippen molar-refractivity contribution in [1.29, 1.82) is 0 Å². The molecule has 0 spiro atoms. The van der Waals surface area contributed by atoms with Gasteiger partial charge in [0, 0.05) is 25.9 Å². The van der Waals surface area contributed by atoms with Crippen molar-refractivity contribution in [2.24, 2.45) is 12.5 Å². The molecule has 0 atom stereocenters. The first-order chi connectivity index (χ1) is 6.38. The summed E-state index contributed by atoms with van der Waals surface area (Å²) in [6.07, 6.45) is 1.81. The van der Waals surface area contributed by atoms with Crippen molar-refractivity contribution in [3.8, 4) is 0 Å². The van der Waals surface area contributed by atoms with E-state index in [1.807, 2.05) is 12.3 Å². The molecule has 1 N–H and O–H groups in total. The minimum atomic E-state index is 0.0197. The van der Waals surface area contributed by atoms with E-state index in [9.17, 15) is 4.79 Å². The summed E-state index contributed by atoms with van der Waals surface area (Å²) in [7, 11) is 1.75. The summed E-state index contributed by atoms with van der Waals surface area (Å²) in [4.78, 5) is 11.1. The lowest BCUT2D eigenvalue weighted by Gasteiger charge is -2.19. The average molecular weight is 194 g/mol. The van der Waals surface area contributed by atoms with Crippen LogP contribution in [-0.4, -0.2) is 11.1 Å². The van der Waals surface area contributed by atoms with Crippen molar-refractivity contribution in [3.05, 3.63) is 28.7 Å². The van der Waals surface area contributed by atoms with Gasteiger partial charge in [-0.25, -0.2) is 0 Å². The van der Waals surface area contributed by atoms with Gasteiger partial charge in [0.25, 0.3) is 0 Å². The molecule has 1 aromatic rings. The van der Waals surface area contributed by atoms with Crippen LogP contribution in [0.3, 0.4) is 0 Å². The molecule has 1 rings (SSSR count). The molecule has 0 fully saturated rings. The van der Waals surface area contributed by atoms with Crippen LogP contribution >= 0.6 is 0 Å². The van der Waals surface area contributed by atoms with Gasteiger partial charge in [-0.1, -0.05) is 20.8 Å². The molecule has 3 nitrogen and oxygen atoms in total. The molecule has 3 heteroatoms. The Morgan fingerprint density at radius 3 is 2.50 bits per heavy atom. The van der Waals surface area contributed by atoms with Crippen molar-refractivity contribution < 1.29 is 0 Å². The van der Waals surface area contributed by atoms with Crippen LogP contribution in [0.1, 0.15) is 20.8 Å². The highest BCUT2D eigenvalue weighted by Gasteiger charge is 2.09. The van der Waals surface area contributed by atoms with Crippen LogP contribution in [0.5, 0.6) is 0 Å². The maximum absolute atomic E-state index is 11.1. The number of rotatable bonds is 2. The maximum Gasteiger partial charge on any atom is 0.250 e. The van der Waals surface area contributed by atoms with E-state index in [1.165, 1.54) is 0 Å². The predicted octanol–water partition coefficient (Wildman–Crippen LogP) is 1.84. The van der Waals surface area contributed by atoms with Crippen molar-refractivity contribution in [1.82, 2.24) is 4.57 Å². The Labute approximate surface area is 84.8 Å². The Hall–Kier alpha value is -1.25. The molecule has 0 unspecified atom stereocenters. The van der Waals surface area contributed by atoms with Crippen molar-refractivity contribution >= 4 is 5.69 Å². The van der Waals surface area contributed by atoms with E-state index in [0.29, 0.717) is 0 Å². The highest BCUT2D eigenvalue weighted by atomic mass is 16.1. The number of anilines is 1. The largest absolute Gasteiger partial charge is 0.383 e. The quantitative estimate of drug-likeness (QED) is 0.779. The summed E-state index contributed by atoms with van der Waals surface area (Å²) < 4.78 is 1.57. The molecule has 0 aliphatic carbocycles. The third kappa shape index (κ3) is 3.24. The highest BCUT2D eigenvalue weighted by Crippen LogP contribution is 2.14. The van der Waals surface area contributed by atoms with Gasteiger partial charge in [0.1, 0.15) is 0 Å². The second kappa shape index (κ2) is 3.86. The lowest BCUT2D eigenvalue weighted by atomic mass is 9.97. The molecule has 0 aromatic carbocycles. The van der Waals surface area contributed by atoms with Crippen LogP contribution in [0.15, 0.2) is 23.1 Å². The number of nitrogens with one attached hydrogen (secondary N) is 1. The standard InChI is InChI=1S/C11H18N2O/c1-11(2,3)8-12-9-5-6-10(14)13(4)7-9/h5-7,12H,8H2,1-4H3. The number of hydrogen-bond donors (Lipinski definition) is 1. The molecular formula is C11H18N2O. The van der Waals surface area contributed by atoms with Gasteiger partial charge in [-0.3, -0.25) is 4.79 Å². The first kappa shape index (κ1) is 10.8. The van der Waals surface area contributed by atoms with E-state index in [4.69, 9.17) is 0 Å². The Bertz CT molecular complexity index is 360. The lowest BCUT2D eigenvalue weighted by Crippen LogP contribution is -2.21. The number of pyridine rings is 1. The second-order valence-corrected chi connectivity index (χ2v) is 4.78. The van der Waals surface area contributed by atoms with E-state index < -0.39 is 0 Å². The summed E-state index contributed by atoms with van der Waals surface area (Å²) in [6.45, 7) is 7.40. The topological polar surface area (TPSA) is 34.0 Å². The van der Waals surface area contributed by atoms with E-state index in [2.05, 4.69) is 26.1 Å². The summed E-state index contributed by atoms with van der Waals surface area (Å²) in [5.41, 5.74) is 1.25. The molecule has 1 aromatic heterocycles. The molecule has 0 aliphatic heterocycles. The molecule has 0 saturated carbocycles. The van der Waals surface area contributed by atoms with Gasteiger partial charge in [-0.2, -0.15) is 0 Å². The molecule has 78 valence electrons. The number of hydrogen-bond acceptors (Lipinski definition) is 2. The van der Waals surface area contributed by atoms with Crippen molar-refractivity contribution in [3.63, 3.8) is 0 Å². The van der Waals surface area contributed by atoms with E-state index in [0.717, 1.165) is 12.2 Å². The first-order valence-electron chi connectivity index (χ1n) is 4.79. The third-order valence-electron chi connectivity index (χ3n) is 1.91. The Kier molecular flexibility index (Phi) is 2.99. The normalized spacial score (nSPS) is 11.4. The van der Waals surface area contributed by atoms with E-state index >= 15 is 0 Å². The SMILES string of the molecule is Cn1cc(NCC(C)(C)C)ccc1=O. The second-order valence-electron chi connectivity index (χ2n) is 4.78. The monoisotopic (exact) mass is 194 g/mol. The number of nitrogens with zero attached hydrogens (tertiary/aromatic N) is 1. The molecule has 0 amide bonds. The van der Waals surface area contributed by atoms with Gasteiger partial charge in [-0.05, 0) is 11.5 Å². The van der Waals surface area contributed by atoms with Gasteiger partial charge in [0.05, 0.1) is 5.69 Å². The van der Waals surface area contributed by atoms with Gasteiger partial charge in [0.15, 0.2) is 0 Å². The van der Waals surface area contributed by atoms with Crippen LogP contribution in [0.25, 0.3) is 0 Å².